The van der Waals surface area contributed by atoms with Crippen LogP contribution < -0.4 is 0 Å². The Bertz CT molecular complexity index is 605. The maximum atomic E-state index is 11.0. The van der Waals surface area contributed by atoms with Gasteiger partial charge in [0.2, 0.25) is 0 Å². The van der Waals surface area contributed by atoms with Gasteiger partial charge in [-0.1, -0.05) is 19.9 Å². The highest BCUT2D eigenvalue weighted by atomic mass is 16.3. The van der Waals surface area contributed by atoms with E-state index in [1.807, 2.05) is 13.0 Å². The molecule has 25 heavy (non-hydrogen) atoms. The van der Waals surface area contributed by atoms with Crippen molar-refractivity contribution in [1.29, 1.82) is 0 Å². The van der Waals surface area contributed by atoms with Crippen LogP contribution in [-0.4, -0.2) is 56.6 Å². The summed E-state index contributed by atoms with van der Waals surface area (Å²) < 4.78 is 0. The summed E-state index contributed by atoms with van der Waals surface area (Å²) >= 11 is 0. The molecule has 0 aliphatic heterocycles. The van der Waals surface area contributed by atoms with E-state index in [2.05, 4.69) is 6.92 Å². The summed E-state index contributed by atoms with van der Waals surface area (Å²) in [4.78, 5) is 0. The molecule has 142 valence electrons. The Balaban J connectivity index is 1.82. The van der Waals surface area contributed by atoms with Crippen molar-refractivity contribution in [1.82, 2.24) is 0 Å². The van der Waals surface area contributed by atoms with Gasteiger partial charge in [0.15, 0.2) is 0 Å². The van der Waals surface area contributed by atoms with E-state index in [4.69, 9.17) is 0 Å². The van der Waals surface area contributed by atoms with Crippen molar-refractivity contribution < 1.29 is 25.5 Å². The predicted molar refractivity (Wildman–Crippen MR) is 92.5 cm³/mol. The van der Waals surface area contributed by atoms with E-state index < -0.39 is 23.2 Å². The lowest BCUT2D eigenvalue weighted by molar-refractivity contribution is -0.205. The van der Waals surface area contributed by atoms with Crippen molar-refractivity contribution in [2.75, 3.05) is 13.2 Å². The summed E-state index contributed by atoms with van der Waals surface area (Å²) in [5.74, 6) is -0.0984. The smallest absolute Gasteiger partial charge is 0.0940 e. The van der Waals surface area contributed by atoms with Gasteiger partial charge in [-0.25, -0.2) is 0 Å². The van der Waals surface area contributed by atoms with E-state index in [0.717, 1.165) is 24.8 Å². The lowest BCUT2D eigenvalue weighted by Gasteiger charge is -2.66. The molecule has 4 aliphatic carbocycles. The molecule has 3 saturated carbocycles. The molecule has 3 fully saturated rings. The van der Waals surface area contributed by atoms with Crippen LogP contribution in [-0.2, 0) is 0 Å². The molecule has 8 unspecified atom stereocenters. The molecule has 0 heterocycles. The normalized spacial score (nSPS) is 57.6. The van der Waals surface area contributed by atoms with E-state index in [9.17, 15) is 25.5 Å². The SMILES string of the molecule is CC1(CO)C(O)CCC2(C)C1CC(O)C1=CC3CC12CCC3(O)CO. The van der Waals surface area contributed by atoms with Gasteiger partial charge in [0.05, 0.1) is 31.0 Å². The molecular formula is C20H32O5. The first kappa shape index (κ1) is 17.9. The van der Waals surface area contributed by atoms with Crippen LogP contribution in [0.4, 0.5) is 0 Å². The minimum Gasteiger partial charge on any atom is -0.396 e. The fraction of sp³-hybridized carbons (Fsp3) is 0.900. The van der Waals surface area contributed by atoms with Crippen LogP contribution in [0, 0.1) is 28.1 Å². The molecule has 4 aliphatic rings. The molecule has 8 atom stereocenters. The zero-order valence-electron chi connectivity index (χ0n) is 15.3. The quantitative estimate of drug-likeness (QED) is 0.477. The van der Waals surface area contributed by atoms with Gasteiger partial charge in [0, 0.05) is 16.7 Å². The van der Waals surface area contributed by atoms with Crippen molar-refractivity contribution >= 4 is 0 Å². The third-order valence-corrected chi connectivity index (χ3v) is 8.97. The number of hydrogen-bond donors (Lipinski definition) is 5. The van der Waals surface area contributed by atoms with Gasteiger partial charge in [0.1, 0.15) is 0 Å². The highest BCUT2D eigenvalue weighted by Crippen LogP contribution is 2.73. The summed E-state index contributed by atoms with van der Waals surface area (Å²) in [5.41, 5.74) is -0.984. The van der Waals surface area contributed by atoms with Crippen molar-refractivity contribution in [3.05, 3.63) is 11.6 Å². The van der Waals surface area contributed by atoms with Gasteiger partial charge in [-0.2, -0.15) is 0 Å². The Hall–Kier alpha value is -0.460. The average molecular weight is 352 g/mol. The molecule has 2 bridgehead atoms. The van der Waals surface area contributed by atoms with E-state index in [1.165, 1.54) is 0 Å². The Morgan fingerprint density at radius 2 is 1.80 bits per heavy atom. The number of aliphatic hydroxyl groups is 5. The van der Waals surface area contributed by atoms with Gasteiger partial charge in [-0.05, 0) is 55.4 Å². The van der Waals surface area contributed by atoms with Crippen molar-refractivity contribution in [2.24, 2.45) is 28.1 Å². The summed E-state index contributed by atoms with van der Waals surface area (Å²) in [6, 6.07) is 0. The summed E-state index contributed by atoms with van der Waals surface area (Å²) in [5, 5.41) is 52.2. The van der Waals surface area contributed by atoms with E-state index in [0.29, 0.717) is 19.3 Å². The van der Waals surface area contributed by atoms with Crippen molar-refractivity contribution in [3.63, 3.8) is 0 Å². The van der Waals surface area contributed by atoms with Crippen molar-refractivity contribution in [3.8, 4) is 0 Å². The third-order valence-electron chi connectivity index (χ3n) is 8.97. The molecule has 0 aromatic rings. The molecule has 0 saturated heterocycles. The highest BCUT2D eigenvalue weighted by Gasteiger charge is 2.69. The second kappa shape index (κ2) is 5.29. The first-order chi connectivity index (χ1) is 11.7. The van der Waals surface area contributed by atoms with Gasteiger partial charge in [-0.3, -0.25) is 0 Å². The minimum absolute atomic E-state index is 0.0277. The Kier molecular flexibility index (Phi) is 3.80. The number of fused-ring (bicyclic) bond motifs is 2. The highest BCUT2D eigenvalue weighted by molar-refractivity contribution is 5.38. The van der Waals surface area contributed by atoms with Crippen LogP contribution in [0.25, 0.3) is 0 Å². The van der Waals surface area contributed by atoms with Gasteiger partial charge >= 0.3 is 0 Å². The zero-order valence-corrected chi connectivity index (χ0v) is 15.3. The Labute approximate surface area is 149 Å². The maximum Gasteiger partial charge on any atom is 0.0940 e. The third kappa shape index (κ3) is 1.97. The lowest BCUT2D eigenvalue weighted by atomic mass is 9.39. The molecular weight excluding hydrogens is 320 g/mol. The molecule has 5 N–H and O–H groups in total. The van der Waals surface area contributed by atoms with Gasteiger partial charge < -0.3 is 25.5 Å². The number of aliphatic hydroxyl groups excluding tert-OH is 4. The molecule has 1 spiro atoms. The molecule has 0 radical (unpaired) electrons. The number of hydrogen-bond acceptors (Lipinski definition) is 5. The monoisotopic (exact) mass is 352 g/mol. The largest absolute Gasteiger partial charge is 0.396 e. The van der Waals surface area contributed by atoms with Crippen LogP contribution in [0.5, 0.6) is 0 Å². The average Bonchev–Trinajstić information content (AvgIpc) is 2.97. The van der Waals surface area contributed by atoms with E-state index >= 15 is 0 Å². The van der Waals surface area contributed by atoms with E-state index in [-0.39, 0.29) is 35.9 Å². The minimum atomic E-state index is -1.09. The van der Waals surface area contributed by atoms with Gasteiger partial charge in [0.25, 0.3) is 0 Å². The fourth-order valence-electron chi connectivity index (χ4n) is 7.18. The predicted octanol–water partition coefficient (Wildman–Crippen LogP) is 0.977. The molecule has 5 nitrogen and oxygen atoms in total. The second-order valence-corrected chi connectivity index (χ2v) is 9.72. The lowest BCUT2D eigenvalue weighted by Crippen LogP contribution is -2.64. The molecule has 0 aromatic carbocycles. The standard InChI is InChI=1S/C20H32O5/c1-17(10-21)15-8-14(23)13-7-12-9-19(13,5-6-20(12,25)11-22)18(15,2)4-3-16(17)24/h7,12,14-16,21-25H,3-6,8-11H2,1-2H3. The Morgan fingerprint density at radius 1 is 1.08 bits per heavy atom. The zero-order chi connectivity index (χ0) is 18.3. The van der Waals surface area contributed by atoms with Crippen LogP contribution >= 0.6 is 0 Å². The van der Waals surface area contributed by atoms with Crippen LogP contribution in [0.2, 0.25) is 0 Å². The van der Waals surface area contributed by atoms with Gasteiger partial charge in [-0.15, -0.1) is 0 Å². The summed E-state index contributed by atoms with van der Waals surface area (Å²) in [7, 11) is 0. The molecule has 4 rings (SSSR count). The summed E-state index contributed by atoms with van der Waals surface area (Å²) in [6.07, 6.45) is 4.98. The van der Waals surface area contributed by atoms with Crippen LogP contribution in [0.1, 0.15) is 52.4 Å². The Morgan fingerprint density at radius 3 is 2.44 bits per heavy atom. The first-order valence-corrected chi connectivity index (χ1v) is 9.69. The maximum absolute atomic E-state index is 11.0. The number of rotatable bonds is 2. The topological polar surface area (TPSA) is 101 Å². The van der Waals surface area contributed by atoms with E-state index in [1.54, 1.807) is 0 Å². The molecule has 0 aromatic heterocycles. The molecule has 5 heteroatoms. The van der Waals surface area contributed by atoms with Crippen LogP contribution in [0.15, 0.2) is 11.6 Å². The van der Waals surface area contributed by atoms with Crippen LogP contribution in [0.3, 0.4) is 0 Å². The first-order valence-electron chi connectivity index (χ1n) is 9.69. The second-order valence-electron chi connectivity index (χ2n) is 9.72. The molecule has 0 amide bonds. The summed E-state index contributed by atoms with van der Waals surface area (Å²) in [6.45, 7) is 3.89. The van der Waals surface area contributed by atoms with Crippen molar-refractivity contribution in [2.45, 2.75) is 70.2 Å². The fourth-order valence-corrected chi connectivity index (χ4v) is 7.18.